The van der Waals surface area contributed by atoms with Crippen LogP contribution in [0.15, 0.2) is 48.0 Å². The maximum absolute atomic E-state index is 11.9. The van der Waals surface area contributed by atoms with Gasteiger partial charge in [-0.1, -0.05) is 105 Å². The summed E-state index contributed by atoms with van der Waals surface area (Å²) in [5.41, 5.74) is 23.2. The number of benzene rings is 2. The summed E-state index contributed by atoms with van der Waals surface area (Å²) in [4.78, 5) is 0. The van der Waals surface area contributed by atoms with Crippen LogP contribution in [0.4, 0.5) is 0 Å². The zero-order valence-electron chi connectivity index (χ0n) is 32.5. The second kappa shape index (κ2) is 29.6. The van der Waals surface area contributed by atoms with Crippen molar-refractivity contribution in [3.8, 4) is 0 Å². The van der Waals surface area contributed by atoms with Gasteiger partial charge in [-0.25, -0.2) is 4.70 Å². The quantitative estimate of drug-likeness (QED) is 0.0766. The van der Waals surface area contributed by atoms with Crippen LogP contribution in [0, 0.1) is 0 Å². The summed E-state index contributed by atoms with van der Waals surface area (Å²) >= 11 is 0. The zero-order valence-corrected chi connectivity index (χ0v) is 33.5. The van der Waals surface area contributed by atoms with Gasteiger partial charge in [0, 0.05) is 52.5 Å². The maximum Gasteiger partial charge on any atom is 0.210 e. The van der Waals surface area contributed by atoms with E-state index in [0.29, 0.717) is 0 Å². The van der Waals surface area contributed by atoms with Crippen molar-refractivity contribution >= 4 is 11.4 Å². The molecule has 2 N–H and O–H groups in total. The number of aryl methyl sites for hydroxylation is 4. The second-order valence-electron chi connectivity index (χ2n) is 13.4. The first-order valence-corrected chi connectivity index (χ1v) is 19.8. The number of rotatable bonds is 21. The van der Waals surface area contributed by atoms with Gasteiger partial charge in [-0.05, 0) is 125 Å². The number of allylic oxidation sites excluding steroid dienone is 2. The van der Waals surface area contributed by atoms with Crippen molar-refractivity contribution in [3.63, 3.8) is 0 Å². The van der Waals surface area contributed by atoms with Crippen molar-refractivity contribution in [1.82, 2.24) is 0 Å². The maximum atomic E-state index is 11.9. The predicted molar refractivity (Wildman–Crippen MR) is 209 cm³/mol. The van der Waals surface area contributed by atoms with Crippen molar-refractivity contribution in [2.45, 2.75) is 170 Å². The van der Waals surface area contributed by atoms with E-state index in [1.807, 2.05) is 0 Å². The van der Waals surface area contributed by atoms with Crippen LogP contribution in [0.25, 0.3) is 16.9 Å². The summed E-state index contributed by atoms with van der Waals surface area (Å²) in [5.74, 6) is 0. The van der Waals surface area contributed by atoms with E-state index >= 15 is 0 Å². The van der Waals surface area contributed by atoms with E-state index in [0.717, 1.165) is 56.3 Å². The van der Waals surface area contributed by atoms with Gasteiger partial charge in [0.05, 0.1) is 0 Å². The Hall–Kier alpha value is -2.07. The monoisotopic (exact) mass is 718 g/mol. The Bertz CT molecular complexity index is 1170. The van der Waals surface area contributed by atoms with Crippen LogP contribution >= 0.6 is 0 Å². The minimum absolute atomic E-state index is 0. The van der Waals surface area contributed by atoms with E-state index in [2.05, 4.69) is 77.1 Å². The molecule has 0 unspecified atom stereocenters. The summed E-state index contributed by atoms with van der Waals surface area (Å²) in [6.07, 6.45) is 25.1. The van der Waals surface area contributed by atoms with Crippen LogP contribution in [0.1, 0.15) is 178 Å². The molecule has 2 aromatic carbocycles. The van der Waals surface area contributed by atoms with Gasteiger partial charge < -0.3 is 15.7 Å². The van der Waals surface area contributed by atoms with Gasteiger partial charge in [0.2, 0.25) is 11.4 Å². The van der Waals surface area contributed by atoms with E-state index in [1.165, 1.54) is 116 Å². The molecule has 0 atom stereocenters. The Labute approximate surface area is 312 Å². The second-order valence-corrected chi connectivity index (χ2v) is 13.4. The van der Waals surface area contributed by atoms with Crippen molar-refractivity contribution < 1.29 is 31.4 Å². The molecule has 1 aliphatic heterocycles. The van der Waals surface area contributed by atoms with Gasteiger partial charge in [0.15, 0.2) is 0 Å². The first kappa shape index (κ1) is 46.9. The molecule has 4 nitrogen and oxygen atoms in total. The van der Waals surface area contributed by atoms with Gasteiger partial charge in [-0.15, -0.1) is 0 Å². The van der Waals surface area contributed by atoms with Crippen molar-refractivity contribution in [1.29, 1.82) is 0 Å². The molecule has 280 valence electrons. The molecular formula is C44H72N2NiO2. The molecule has 0 amide bonds. The van der Waals surface area contributed by atoms with Crippen molar-refractivity contribution in [2.24, 2.45) is 0 Å². The Morgan fingerprint density at radius 2 is 0.816 bits per heavy atom. The molecule has 0 fully saturated rings. The number of hydrogen-bond acceptors (Lipinski definition) is 2. The summed E-state index contributed by atoms with van der Waals surface area (Å²) in [7, 11) is 0. The molecule has 0 aromatic heterocycles. The van der Waals surface area contributed by atoms with E-state index in [9.17, 15) is 5.53 Å². The minimum Gasteiger partial charge on any atom is -0.493 e. The normalized spacial score (nSPS) is 12.2. The third-order valence-corrected chi connectivity index (χ3v) is 8.81. The average Bonchev–Trinajstić information content (AvgIpc) is 3.42. The number of unbranched alkanes of at least 4 members (excludes halogenated alkanes) is 9. The fourth-order valence-corrected chi connectivity index (χ4v) is 6.28. The average molecular weight is 720 g/mol. The molecule has 0 spiro atoms. The summed E-state index contributed by atoms with van der Waals surface area (Å²) in [6.45, 7) is 15.2. The fourth-order valence-electron chi connectivity index (χ4n) is 6.28. The molecule has 5 heteroatoms. The smallest absolute Gasteiger partial charge is 0.210 e. The molecule has 1 aliphatic rings. The third kappa shape index (κ3) is 18.1. The van der Waals surface area contributed by atoms with E-state index in [1.54, 1.807) is 18.5 Å². The molecule has 0 saturated heterocycles. The molecule has 0 radical (unpaired) electrons. The van der Waals surface area contributed by atoms with Gasteiger partial charge in [-0.3, -0.25) is 0 Å². The number of nitrogens with zero attached hydrogens (tertiary/aromatic N) is 2. The van der Waals surface area contributed by atoms with Crippen LogP contribution < -0.4 is 0 Å². The minimum atomic E-state index is 0. The Balaban J connectivity index is 0.00000306. The van der Waals surface area contributed by atoms with Gasteiger partial charge in [-0.2, -0.15) is 0 Å². The van der Waals surface area contributed by atoms with Crippen LogP contribution in [0.5, 0.6) is 0 Å². The van der Waals surface area contributed by atoms with Gasteiger partial charge in [0.1, 0.15) is 0 Å². The third-order valence-electron chi connectivity index (χ3n) is 8.81. The SMILES string of the molecule is CCCCCCc1cc(CCCCCC)cc(C2=CC(CCCC)=C(c3cc(CCCC)cc(CCCC)c3)[N+]2=[N-])c1.CCO.CCO.[Ni]. The molecule has 0 bridgehead atoms. The van der Waals surface area contributed by atoms with Crippen LogP contribution in [-0.4, -0.2) is 28.1 Å². The van der Waals surface area contributed by atoms with E-state index in [-0.39, 0.29) is 29.7 Å². The molecular weight excluding hydrogens is 647 g/mol. The van der Waals surface area contributed by atoms with Gasteiger partial charge >= 0.3 is 0 Å². The molecule has 2 aromatic rings. The zero-order chi connectivity index (χ0) is 35.6. The summed E-state index contributed by atoms with van der Waals surface area (Å²) < 4.78 is 1.55. The summed E-state index contributed by atoms with van der Waals surface area (Å²) in [6, 6.07) is 14.3. The van der Waals surface area contributed by atoms with Crippen LogP contribution in [0.3, 0.4) is 0 Å². The molecule has 3 rings (SSSR count). The standard InChI is InChI=1S/C40H60N2.2C2H6O.Ni/c1-6-11-16-18-22-34-26-35(23-19-17-12-7-2)28-37(27-34)39-31-36(24-15-10-5)40(42(39)41)38-29-32(20-13-8-3)25-33(30-38)21-14-9-4;2*1-2-3;/h25-31H,6-24H2,1-5H3;2*3H,2H2,1H3;. The Kier molecular flexibility index (Phi) is 28.4. The molecule has 1 heterocycles. The Morgan fingerprint density at radius 3 is 1.20 bits per heavy atom. The van der Waals surface area contributed by atoms with E-state index in [4.69, 9.17) is 10.2 Å². The topological polar surface area (TPSA) is 65.8 Å². The number of hydrogen-bond donors (Lipinski definition) is 2. The first-order chi connectivity index (χ1) is 23.4. The number of aliphatic hydroxyl groups is 2. The fraction of sp³-hybridized carbons (Fsp3) is 0.636. The Morgan fingerprint density at radius 1 is 0.469 bits per heavy atom. The van der Waals surface area contributed by atoms with Crippen molar-refractivity contribution in [3.05, 3.63) is 87.0 Å². The molecule has 0 saturated carbocycles. The largest absolute Gasteiger partial charge is 0.493 e. The summed E-state index contributed by atoms with van der Waals surface area (Å²) in [5, 5.41) is 15.1. The molecule has 49 heavy (non-hydrogen) atoms. The van der Waals surface area contributed by atoms with Crippen LogP contribution in [0.2, 0.25) is 0 Å². The van der Waals surface area contributed by atoms with Crippen LogP contribution in [-0.2, 0) is 42.2 Å². The number of aliphatic hydroxyl groups excluding tert-OH is 2. The predicted octanol–water partition coefficient (Wildman–Crippen LogP) is 12.6. The van der Waals surface area contributed by atoms with E-state index < -0.39 is 0 Å². The first-order valence-electron chi connectivity index (χ1n) is 19.8. The van der Waals surface area contributed by atoms with Gasteiger partial charge in [0.25, 0.3) is 0 Å². The molecule has 0 aliphatic carbocycles. The van der Waals surface area contributed by atoms with Crippen molar-refractivity contribution in [2.75, 3.05) is 13.2 Å².